The van der Waals surface area contributed by atoms with Crippen molar-refractivity contribution >= 4 is 40.8 Å². The number of carbonyl (C=O) groups excluding carboxylic acids is 3. The number of amides is 1. The normalized spacial score (nSPS) is 15.8. The van der Waals surface area contributed by atoms with Gasteiger partial charge in [-0.3, -0.25) is 4.79 Å². The minimum atomic E-state index is -0.695. The largest absolute Gasteiger partial charge is 0.465 e. The van der Waals surface area contributed by atoms with Crippen molar-refractivity contribution in [2.24, 2.45) is 0 Å². The predicted molar refractivity (Wildman–Crippen MR) is 130 cm³/mol. The van der Waals surface area contributed by atoms with Crippen molar-refractivity contribution in [2.45, 2.75) is 0 Å². The number of carbonyl (C=O) groups is 3. The molecular weight excluding hydrogens is 474 g/mol. The van der Waals surface area contributed by atoms with Gasteiger partial charge in [-0.1, -0.05) is 17.7 Å². The number of furan rings is 1. The van der Waals surface area contributed by atoms with E-state index in [1.165, 1.54) is 31.5 Å². The van der Waals surface area contributed by atoms with Crippen LogP contribution < -0.4 is 9.80 Å². The Morgan fingerprint density at radius 2 is 1.71 bits per heavy atom. The highest BCUT2D eigenvalue weighted by molar-refractivity contribution is 6.33. The molecule has 10 heteroatoms. The number of esters is 2. The number of benzene rings is 1. The van der Waals surface area contributed by atoms with Gasteiger partial charge in [-0.05, 0) is 42.5 Å². The first kappa shape index (κ1) is 24.2. The van der Waals surface area contributed by atoms with Gasteiger partial charge in [-0.15, -0.1) is 0 Å². The molecule has 1 fully saturated rings. The molecule has 0 saturated carbocycles. The Labute approximate surface area is 207 Å². The van der Waals surface area contributed by atoms with Gasteiger partial charge in [-0.2, -0.15) is 0 Å². The molecule has 0 N–H and O–H groups in total. The van der Waals surface area contributed by atoms with Crippen LogP contribution in [0.25, 0.3) is 0 Å². The monoisotopic (exact) mass is 497 g/mol. The molecule has 0 spiro atoms. The lowest BCUT2D eigenvalue weighted by Gasteiger charge is -2.36. The van der Waals surface area contributed by atoms with E-state index < -0.39 is 11.9 Å². The van der Waals surface area contributed by atoms with E-state index >= 15 is 0 Å². The average molecular weight is 498 g/mol. The Hall–Kier alpha value is -3.98. The molecule has 9 nitrogen and oxygen atoms in total. The van der Waals surface area contributed by atoms with Gasteiger partial charge < -0.3 is 28.6 Å². The fourth-order valence-corrected chi connectivity index (χ4v) is 4.27. The second-order valence-electron chi connectivity index (χ2n) is 7.71. The number of anilines is 2. The van der Waals surface area contributed by atoms with Crippen LogP contribution >= 0.6 is 11.6 Å². The number of methoxy groups -OCH3 is 2. The molecule has 1 aromatic heterocycles. The van der Waals surface area contributed by atoms with Crippen molar-refractivity contribution < 1.29 is 28.3 Å². The zero-order chi connectivity index (χ0) is 24.9. The first-order valence-electron chi connectivity index (χ1n) is 10.9. The standard InChI is InChI=1S/C25H24ClN3O6/c1-33-24(31)18-6-3-4-10-29(22(18)25(32)34-2)17-8-9-20(19(26)16-17)27-11-13-28(14-12-27)23(30)21-7-5-15-35-21/h3-10,15-16H,11-14H2,1-2H3. The first-order chi connectivity index (χ1) is 16.9. The van der Waals surface area contributed by atoms with Gasteiger partial charge in [0.2, 0.25) is 0 Å². The number of hydrogen-bond donors (Lipinski definition) is 0. The summed E-state index contributed by atoms with van der Waals surface area (Å²) >= 11 is 6.66. The van der Waals surface area contributed by atoms with Crippen LogP contribution in [0.5, 0.6) is 0 Å². The summed E-state index contributed by atoms with van der Waals surface area (Å²) in [5.74, 6) is -1.18. The molecule has 35 heavy (non-hydrogen) atoms. The Bertz CT molecular complexity index is 1210. The van der Waals surface area contributed by atoms with Crippen LogP contribution in [0.4, 0.5) is 11.4 Å². The maximum absolute atomic E-state index is 12.6. The molecule has 182 valence electrons. The molecule has 1 amide bonds. The summed E-state index contributed by atoms with van der Waals surface area (Å²) in [6.07, 6.45) is 7.94. The van der Waals surface area contributed by atoms with Crippen molar-refractivity contribution in [1.82, 2.24) is 4.90 Å². The van der Waals surface area contributed by atoms with E-state index in [0.29, 0.717) is 42.6 Å². The predicted octanol–water partition coefficient (Wildman–Crippen LogP) is 3.39. The van der Waals surface area contributed by atoms with E-state index in [1.807, 2.05) is 6.07 Å². The molecule has 0 atom stereocenters. The molecule has 0 unspecified atom stereocenters. The highest BCUT2D eigenvalue weighted by Crippen LogP contribution is 2.34. The molecule has 2 aromatic rings. The summed E-state index contributed by atoms with van der Waals surface area (Å²) in [5.41, 5.74) is 1.43. The van der Waals surface area contributed by atoms with E-state index in [2.05, 4.69) is 4.90 Å². The number of halogens is 1. The Morgan fingerprint density at radius 1 is 0.971 bits per heavy atom. The molecule has 0 aliphatic carbocycles. The smallest absolute Gasteiger partial charge is 0.355 e. The van der Waals surface area contributed by atoms with E-state index in [4.69, 9.17) is 25.5 Å². The Balaban J connectivity index is 1.56. The second-order valence-corrected chi connectivity index (χ2v) is 8.12. The first-order valence-corrected chi connectivity index (χ1v) is 11.2. The highest BCUT2D eigenvalue weighted by atomic mass is 35.5. The van der Waals surface area contributed by atoms with E-state index in [1.54, 1.807) is 47.5 Å². The molecule has 2 aliphatic heterocycles. The third kappa shape index (κ3) is 4.95. The van der Waals surface area contributed by atoms with Gasteiger partial charge in [0, 0.05) is 38.1 Å². The Kier molecular flexibility index (Phi) is 7.26. The average Bonchev–Trinajstić information content (AvgIpc) is 3.33. The van der Waals surface area contributed by atoms with Crippen LogP contribution in [0.1, 0.15) is 10.6 Å². The summed E-state index contributed by atoms with van der Waals surface area (Å²) in [6.45, 7) is 2.24. The van der Waals surface area contributed by atoms with Gasteiger partial charge in [-0.25, -0.2) is 9.59 Å². The molecule has 0 radical (unpaired) electrons. The summed E-state index contributed by atoms with van der Waals surface area (Å²) in [7, 11) is 2.49. The summed E-state index contributed by atoms with van der Waals surface area (Å²) in [6, 6.07) is 8.70. The summed E-state index contributed by atoms with van der Waals surface area (Å²) in [4.78, 5) is 42.9. The van der Waals surface area contributed by atoms with Gasteiger partial charge in [0.15, 0.2) is 5.76 Å². The second kappa shape index (κ2) is 10.5. The summed E-state index contributed by atoms with van der Waals surface area (Å²) < 4.78 is 15.0. The van der Waals surface area contributed by atoms with Crippen LogP contribution in [0.3, 0.4) is 0 Å². The van der Waals surface area contributed by atoms with Crippen molar-refractivity contribution in [3.63, 3.8) is 0 Å². The van der Waals surface area contributed by atoms with E-state index in [0.717, 1.165) is 5.69 Å². The third-order valence-corrected chi connectivity index (χ3v) is 6.04. The number of nitrogens with zero attached hydrogens (tertiary/aromatic N) is 3. The molecular formula is C25H24ClN3O6. The number of piperazine rings is 1. The van der Waals surface area contributed by atoms with Crippen molar-refractivity contribution in [3.8, 4) is 0 Å². The molecule has 3 heterocycles. The third-order valence-electron chi connectivity index (χ3n) is 5.74. The number of hydrogen-bond acceptors (Lipinski definition) is 8. The minimum absolute atomic E-state index is 0.0122. The fourth-order valence-electron chi connectivity index (χ4n) is 3.97. The SMILES string of the molecule is COC(=O)C1=C(C(=O)OC)N(c2ccc(N3CCN(C(=O)c4ccco4)CC3)c(Cl)c2)C=CC=C1. The number of allylic oxidation sites excluding steroid dienone is 2. The highest BCUT2D eigenvalue weighted by Gasteiger charge is 2.29. The Morgan fingerprint density at radius 3 is 2.34 bits per heavy atom. The van der Waals surface area contributed by atoms with Gasteiger partial charge in [0.1, 0.15) is 5.70 Å². The maximum atomic E-state index is 12.6. The summed E-state index contributed by atoms with van der Waals surface area (Å²) in [5, 5.41) is 0.461. The number of ether oxygens (including phenoxy) is 2. The lowest BCUT2D eigenvalue weighted by Crippen LogP contribution is -2.48. The van der Waals surface area contributed by atoms with E-state index in [-0.39, 0.29) is 17.2 Å². The van der Waals surface area contributed by atoms with Gasteiger partial charge >= 0.3 is 11.9 Å². The van der Waals surface area contributed by atoms with Gasteiger partial charge in [0.05, 0.1) is 36.8 Å². The molecule has 2 aliphatic rings. The number of rotatable bonds is 5. The van der Waals surface area contributed by atoms with Crippen LogP contribution in [0.15, 0.2) is 76.7 Å². The van der Waals surface area contributed by atoms with Crippen LogP contribution in [0.2, 0.25) is 5.02 Å². The lowest BCUT2D eigenvalue weighted by atomic mass is 10.1. The van der Waals surface area contributed by atoms with Crippen LogP contribution in [-0.4, -0.2) is 63.1 Å². The van der Waals surface area contributed by atoms with Crippen LogP contribution in [-0.2, 0) is 19.1 Å². The molecule has 4 rings (SSSR count). The molecule has 0 bridgehead atoms. The van der Waals surface area contributed by atoms with Crippen molar-refractivity contribution in [3.05, 3.63) is 83.1 Å². The lowest BCUT2D eigenvalue weighted by molar-refractivity contribution is -0.139. The maximum Gasteiger partial charge on any atom is 0.355 e. The van der Waals surface area contributed by atoms with Crippen LogP contribution in [0, 0.1) is 0 Å². The zero-order valence-electron chi connectivity index (χ0n) is 19.3. The molecule has 1 saturated heterocycles. The molecule has 1 aromatic carbocycles. The fraction of sp³-hybridized carbons (Fsp3) is 0.240. The minimum Gasteiger partial charge on any atom is -0.465 e. The van der Waals surface area contributed by atoms with Crippen molar-refractivity contribution in [2.75, 3.05) is 50.2 Å². The van der Waals surface area contributed by atoms with Crippen molar-refractivity contribution in [1.29, 1.82) is 0 Å². The van der Waals surface area contributed by atoms with E-state index in [9.17, 15) is 14.4 Å². The quantitative estimate of drug-likeness (QED) is 0.580. The topological polar surface area (TPSA) is 92.5 Å². The van der Waals surface area contributed by atoms with Gasteiger partial charge in [0.25, 0.3) is 5.91 Å². The zero-order valence-corrected chi connectivity index (χ0v) is 20.0.